The summed E-state index contributed by atoms with van der Waals surface area (Å²) in [6.45, 7) is 4.75. The molecule has 0 aromatic carbocycles. The second-order valence-corrected chi connectivity index (χ2v) is 6.29. The Morgan fingerprint density at radius 2 is 1.36 bits per heavy atom. The highest BCUT2D eigenvalue weighted by Crippen LogP contribution is 2.30. The maximum atomic E-state index is 11.6. The molecule has 158 valence electrons. The van der Waals surface area contributed by atoms with E-state index >= 15 is 0 Å². The fourth-order valence-electron chi connectivity index (χ4n) is 2.67. The molecule has 0 spiro atoms. The Kier molecular flexibility index (Phi) is 9.95. The van der Waals surface area contributed by atoms with E-state index < -0.39 is 54.6 Å². The lowest BCUT2D eigenvalue weighted by atomic mass is 9.98. The molecule has 0 amide bonds. The third kappa shape index (κ3) is 7.85. The first-order chi connectivity index (χ1) is 13.1. The zero-order valence-corrected chi connectivity index (χ0v) is 16.8. The Morgan fingerprint density at radius 3 is 1.86 bits per heavy atom. The van der Waals surface area contributed by atoms with Crippen LogP contribution in [-0.4, -0.2) is 75.6 Å². The van der Waals surface area contributed by atoms with E-state index in [9.17, 15) is 19.2 Å². The molecule has 1 aliphatic rings. The summed E-state index contributed by atoms with van der Waals surface area (Å²) in [5.41, 5.74) is 0. The van der Waals surface area contributed by atoms with Gasteiger partial charge >= 0.3 is 23.9 Å². The largest absolute Gasteiger partial charge is 0.463 e. The van der Waals surface area contributed by atoms with Crippen molar-refractivity contribution >= 4 is 31.7 Å². The monoisotopic (exact) mass is 402 g/mol. The van der Waals surface area contributed by atoms with Gasteiger partial charge in [0.1, 0.15) is 20.6 Å². The quantitative estimate of drug-likeness (QED) is 0.216. The molecular weight excluding hydrogens is 375 g/mol. The molecule has 10 nitrogen and oxygen atoms in total. The van der Waals surface area contributed by atoms with Crippen LogP contribution in [0.4, 0.5) is 0 Å². The van der Waals surface area contributed by atoms with Crippen molar-refractivity contribution in [3.05, 3.63) is 0 Å². The number of hydrogen-bond donors (Lipinski definition) is 0. The summed E-state index contributed by atoms with van der Waals surface area (Å²) in [4.78, 5) is 46.0. The molecule has 1 saturated heterocycles. The lowest BCUT2D eigenvalue weighted by molar-refractivity contribution is -0.308. The smallest absolute Gasteiger partial charge is 0.303 e. The van der Waals surface area contributed by atoms with Crippen LogP contribution < -0.4 is 0 Å². The molecule has 1 aliphatic heterocycles. The Bertz CT molecular complexity index is 566. The van der Waals surface area contributed by atoms with E-state index in [-0.39, 0.29) is 6.61 Å². The Balaban J connectivity index is 3.21. The van der Waals surface area contributed by atoms with Crippen molar-refractivity contribution in [1.82, 2.24) is 0 Å². The van der Waals surface area contributed by atoms with Crippen molar-refractivity contribution in [3.63, 3.8) is 0 Å². The van der Waals surface area contributed by atoms with Crippen LogP contribution in [0.3, 0.4) is 0 Å². The Morgan fingerprint density at radius 1 is 0.821 bits per heavy atom. The van der Waals surface area contributed by atoms with Crippen LogP contribution in [-0.2, 0) is 47.6 Å². The van der Waals surface area contributed by atoms with Gasteiger partial charge in [0.05, 0.1) is 0 Å². The summed E-state index contributed by atoms with van der Waals surface area (Å²) in [6.07, 6.45) is -4.07. The van der Waals surface area contributed by atoms with Crippen molar-refractivity contribution in [3.8, 4) is 0 Å². The molecule has 0 aromatic heterocycles. The summed E-state index contributed by atoms with van der Waals surface area (Å²) in [5, 5.41) is 0. The van der Waals surface area contributed by atoms with Crippen LogP contribution >= 0.6 is 0 Å². The normalized spacial score (nSPS) is 26.8. The minimum Gasteiger partial charge on any atom is -0.463 e. The summed E-state index contributed by atoms with van der Waals surface area (Å²) < 4.78 is 32.2. The summed E-state index contributed by atoms with van der Waals surface area (Å²) in [7, 11) is 1.97. The minimum absolute atomic E-state index is 0.272. The van der Waals surface area contributed by atoms with Gasteiger partial charge in [-0.15, -0.1) is 0 Å². The molecule has 0 radical (unpaired) electrons. The number of carbonyl (C=O) groups is 4. The van der Waals surface area contributed by atoms with E-state index in [0.29, 0.717) is 13.0 Å². The van der Waals surface area contributed by atoms with Gasteiger partial charge in [-0.25, -0.2) is 0 Å². The second kappa shape index (κ2) is 11.7. The number of esters is 4. The molecule has 1 rings (SSSR count). The molecule has 0 unspecified atom stereocenters. The van der Waals surface area contributed by atoms with Gasteiger partial charge < -0.3 is 28.4 Å². The first kappa shape index (κ1) is 23.9. The Hall–Kier alpha value is -2.14. The maximum absolute atomic E-state index is 11.6. The van der Waals surface area contributed by atoms with Crippen LogP contribution in [0.1, 0.15) is 34.1 Å². The fourth-order valence-corrected chi connectivity index (χ4v) is 2.67. The van der Waals surface area contributed by atoms with Gasteiger partial charge in [0.2, 0.25) is 0 Å². The molecule has 0 N–H and O–H groups in total. The molecular formula is C17H27BO10. The highest BCUT2D eigenvalue weighted by atomic mass is 16.7. The average Bonchev–Trinajstić information content (AvgIpc) is 2.57. The second-order valence-electron chi connectivity index (χ2n) is 6.29. The number of rotatable bonds is 9. The van der Waals surface area contributed by atoms with Gasteiger partial charge in [0.15, 0.2) is 24.6 Å². The summed E-state index contributed by atoms with van der Waals surface area (Å²) >= 11 is 0. The molecule has 0 saturated carbocycles. The number of ether oxygens (including phenoxy) is 6. The highest BCUT2D eigenvalue weighted by molar-refractivity contribution is 6.08. The molecule has 1 fully saturated rings. The standard InChI is InChI=1S/C17H27BO10/c1-9(19)24-8-13-14(25-10(2)20)15(26-11(3)21)16(27-12(4)22)17(28-13)23-7-5-6-18/h13-17H,5-8,18H2,1-4H3/t13-,14-,15+,16-,17-/m1/s1. The van der Waals surface area contributed by atoms with E-state index in [2.05, 4.69) is 0 Å². The van der Waals surface area contributed by atoms with Gasteiger partial charge in [0, 0.05) is 34.3 Å². The van der Waals surface area contributed by atoms with Crippen molar-refractivity contribution in [2.75, 3.05) is 13.2 Å². The topological polar surface area (TPSA) is 124 Å². The average molecular weight is 402 g/mol. The van der Waals surface area contributed by atoms with E-state index in [0.717, 1.165) is 6.32 Å². The van der Waals surface area contributed by atoms with Crippen LogP contribution in [0.2, 0.25) is 6.32 Å². The molecule has 0 aromatic rings. The van der Waals surface area contributed by atoms with E-state index in [1.807, 2.05) is 7.85 Å². The molecule has 0 bridgehead atoms. The lowest BCUT2D eigenvalue weighted by Gasteiger charge is -2.44. The predicted octanol–water partition coefficient (Wildman–Crippen LogP) is -0.472. The van der Waals surface area contributed by atoms with Gasteiger partial charge in [-0.1, -0.05) is 6.32 Å². The van der Waals surface area contributed by atoms with Crippen molar-refractivity contribution in [2.24, 2.45) is 0 Å². The van der Waals surface area contributed by atoms with Crippen molar-refractivity contribution in [1.29, 1.82) is 0 Å². The number of carbonyl (C=O) groups excluding carboxylic acids is 4. The maximum Gasteiger partial charge on any atom is 0.303 e. The van der Waals surface area contributed by atoms with E-state index in [1.54, 1.807) is 0 Å². The first-order valence-electron chi connectivity index (χ1n) is 9.07. The van der Waals surface area contributed by atoms with E-state index in [4.69, 9.17) is 28.4 Å². The van der Waals surface area contributed by atoms with Crippen molar-refractivity contribution < 1.29 is 47.6 Å². The third-order valence-corrected chi connectivity index (χ3v) is 3.73. The molecule has 5 atom stereocenters. The molecule has 0 aliphatic carbocycles. The third-order valence-electron chi connectivity index (χ3n) is 3.73. The Labute approximate surface area is 164 Å². The van der Waals surface area contributed by atoms with Crippen molar-refractivity contribution in [2.45, 2.75) is 71.1 Å². The van der Waals surface area contributed by atoms with Crippen LogP contribution in [0.25, 0.3) is 0 Å². The summed E-state index contributed by atoms with van der Waals surface area (Å²) in [5.74, 6) is -2.58. The highest BCUT2D eigenvalue weighted by Gasteiger charge is 2.52. The summed E-state index contributed by atoms with van der Waals surface area (Å²) in [6, 6.07) is 0. The van der Waals surface area contributed by atoms with Gasteiger partial charge in [-0.3, -0.25) is 19.2 Å². The van der Waals surface area contributed by atoms with Crippen LogP contribution in [0.15, 0.2) is 0 Å². The number of hydrogen-bond acceptors (Lipinski definition) is 10. The van der Waals surface area contributed by atoms with Gasteiger partial charge in [-0.2, -0.15) is 0 Å². The van der Waals surface area contributed by atoms with Crippen LogP contribution in [0.5, 0.6) is 0 Å². The van der Waals surface area contributed by atoms with Gasteiger partial charge in [0.25, 0.3) is 0 Å². The lowest BCUT2D eigenvalue weighted by Crippen LogP contribution is -2.63. The predicted molar refractivity (Wildman–Crippen MR) is 95.9 cm³/mol. The van der Waals surface area contributed by atoms with E-state index in [1.165, 1.54) is 27.7 Å². The van der Waals surface area contributed by atoms with Crippen LogP contribution in [0, 0.1) is 0 Å². The molecule has 1 heterocycles. The zero-order chi connectivity index (χ0) is 21.3. The SMILES string of the molecule is BCCCO[C@@H]1O[C@H](COC(C)=O)[C@@H](OC(C)=O)[C@H](OC(C)=O)[C@H]1OC(C)=O. The fraction of sp³-hybridized carbons (Fsp3) is 0.765. The van der Waals surface area contributed by atoms with Gasteiger partial charge in [-0.05, 0) is 6.42 Å². The zero-order valence-electron chi connectivity index (χ0n) is 16.8. The minimum atomic E-state index is -1.20. The molecule has 11 heteroatoms. The molecule has 28 heavy (non-hydrogen) atoms. The first-order valence-corrected chi connectivity index (χ1v) is 9.07.